The molecule has 0 heterocycles. The Hall–Kier alpha value is -0.590. The van der Waals surface area contributed by atoms with Crippen molar-refractivity contribution >= 4 is 31.5 Å². The van der Waals surface area contributed by atoms with E-state index >= 15 is 0 Å². The monoisotopic (exact) mass is 279 g/mol. The number of nitrogen functional groups attached to an aromatic ring is 1. The first-order valence-electron chi connectivity index (χ1n) is 3.86. The highest BCUT2D eigenvalue weighted by Gasteiger charge is 2.14. The number of hydrogen-bond donors (Lipinski definition) is 2. The predicted octanol–water partition coefficient (Wildman–Crippen LogP) is 0.797. The number of aliphatic hydroxyl groups is 1. The molecule has 1 aromatic carbocycles. The average molecular weight is 280 g/mol. The van der Waals surface area contributed by atoms with Gasteiger partial charge in [0.15, 0.2) is 9.84 Å². The summed E-state index contributed by atoms with van der Waals surface area (Å²) in [5.41, 5.74) is 5.99. The lowest BCUT2D eigenvalue weighted by molar-refractivity contribution is 0.319. The summed E-state index contributed by atoms with van der Waals surface area (Å²) in [6.45, 7) is -0.385. The molecule has 6 heteroatoms. The molecule has 0 saturated carbocycles. The minimum Gasteiger partial charge on any atom is -0.398 e. The number of aliphatic hydroxyl groups excluding tert-OH is 1. The zero-order chi connectivity index (χ0) is 10.8. The summed E-state index contributed by atoms with van der Waals surface area (Å²) in [4.78, 5) is 0.160. The van der Waals surface area contributed by atoms with Crippen molar-refractivity contribution < 1.29 is 13.5 Å². The highest BCUT2D eigenvalue weighted by atomic mass is 79.9. The highest BCUT2D eigenvalue weighted by Crippen LogP contribution is 2.23. The molecule has 0 radical (unpaired) electrons. The van der Waals surface area contributed by atoms with Gasteiger partial charge in [-0.15, -0.1) is 0 Å². The van der Waals surface area contributed by atoms with E-state index in [0.717, 1.165) is 0 Å². The van der Waals surface area contributed by atoms with E-state index in [1.165, 1.54) is 18.2 Å². The van der Waals surface area contributed by atoms with E-state index in [1.807, 2.05) is 0 Å². The Kier molecular flexibility index (Phi) is 3.52. The molecule has 0 spiro atoms. The molecule has 0 aliphatic rings. The third kappa shape index (κ3) is 2.46. The molecular formula is C8H10BrNO3S. The third-order valence-electron chi connectivity index (χ3n) is 1.69. The van der Waals surface area contributed by atoms with Crippen molar-refractivity contribution in [2.75, 3.05) is 18.1 Å². The van der Waals surface area contributed by atoms with Crippen LogP contribution in [0.2, 0.25) is 0 Å². The molecule has 4 nitrogen and oxygen atoms in total. The second-order valence-electron chi connectivity index (χ2n) is 2.73. The summed E-state index contributed by atoms with van der Waals surface area (Å²) in [6, 6.07) is 4.36. The summed E-state index contributed by atoms with van der Waals surface area (Å²) in [6.07, 6.45) is 0. The van der Waals surface area contributed by atoms with Gasteiger partial charge in [-0.05, 0) is 34.1 Å². The van der Waals surface area contributed by atoms with E-state index in [9.17, 15) is 8.42 Å². The van der Waals surface area contributed by atoms with Gasteiger partial charge in [-0.25, -0.2) is 8.42 Å². The van der Waals surface area contributed by atoms with Crippen LogP contribution in [-0.2, 0) is 9.84 Å². The molecule has 0 aromatic heterocycles. The van der Waals surface area contributed by atoms with Crippen LogP contribution < -0.4 is 5.73 Å². The first kappa shape index (κ1) is 11.5. The number of halogens is 1. The quantitative estimate of drug-likeness (QED) is 0.802. The molecule has 1 rings (SSSR count). The van der Waals surface area contributed by atoms with Crippen molar-refractivity contribution in [2.45, 2.75) is 4.90 Å². The number of rotatable bonds is 3. The fourth-order valence-electron chi connectivity index (χ4n) is 0.939. The lowest BCUT2D eigenvalue weighted by Gasteiger charge is -2.04. The van der Waals surface area contributed by atoms with Gasteiger partial charge in [0.05, 0.1) is 17.3 Å². The topological polar surface area (TPSA) is 80.4 Å². The Morgan fingerprint density at radius 3 is 2.57 bits per heavy atom. The van der Waals surface area contributed by atoms with Crippen LogP contribution in [0, 0.1) is 0 Å². The molecule has 3 N–H and O–H groups in total. The third-order valence-corrected chi connectivity index (χ3v) is 4.07. The normalized spacial score (nSPS) is 11.6. The average Bonchev–Trinajstić information content (AvgIpc) is 2.09. The van der Waals surface area contributed by atoms with Crippen LogP contribution in [0.1, 0.15) is 0 Å². The number of sulfone groups is 1. The van der Waals surface area contributed by atoms with Crippen molar-refractivity contribution in [1.29, 1.82) is 0 Å². The van der Waals surface area contributed by atoms with Crippen molar-refractivity contribution in [2.24, 2.45) is 0 Å². The molecule has 0 saturated heterocycles. The first-order valence-corrected chi connectivity index (χ1v) is 6.30. The van der Waals surface area contributed by atoms with E-state index < -0.39 is 9.84 Å². The number of anilines is 1. The second kappa shape index (κ2) is 4.29. The second-order valence-corrected chi connectivity index (χ2v) is 5.69. The molecule has 0 fully saturated rings. The highest BCUT2D eigenvalue weighted by molar-refractivity contribution is 9.10. The van der Waals surface area contributed by atoms with Crippen LogP contribution >= 0.6 is 15.9 Å². The van der Waals surface area contributed by atoms with Crippen LogP contribution in [0.25, 0.3) is 0 Å². The Labute approximate surface area is 90.8 Å². The summed E-state index contributed by atoms with van der Waals surface area (Å²) in [5, 5.41) is 8.57. The Balaban J connectivity index is 3.15. The molecule has 1 aromatic rings. The van der Waals surface area contributed by atoms with Gasteiger partial charge in [-0.1, -0.05) is 0 Å². The van der Waals surface area contributed by atoms with Gasteiger partial charge in [-0.3, -0.25) is 0 Å². The molecule has 0 bridgehead atoms. The van der Waals surface area contributed by atoms with Gasteiger partial charge in [0.1, 0.15) is 0 Å². The summed E-state index contributed by atoms with van der Waals surface area (Å²) >= 11 is 3.14. The Bertz CT molecular complexity index is 430. The van der Waals surface area contributed by atoms with Gasteiger partial charge < -0.3 is 10.8 Å². The molecule has 0 atom stereocenters. The van der Waals surface area contributed by atoms with Crippen molar-refractivity contribution in [1.82, 2.24) is 0 Å². The fourth-order valence-corrected chi connectivity index (χ4v) is 2.52. The summed E-state index contributed by atoms with van der Waals surface area (Å²) in [5.74, 6) is -0.274. The van der Waals surface area contributed by atoms with Crippen LogP contribution in [0.4, 0.5) is 5.69 Å². The van der Waals surface area contributed by atoms with E-state index in [2.05, 4.69) is 15.9 Å². The molecule has 14 heavy (non-hydrogen) atoms. The SMILES string of the molecule is Nc1ccc(S(=O)(=O)CCO)cc1Br. The molecule has 0 aliphatic heterocycles. The van der Waals surface area contributed by atoms with Gasteiger partial charge in [0, 0.05) is 10.2 Å². The van der Waals surface area contributed by atoms with Crippen LogP contribution in [0.15, 0.2) is 27.6 Å². The fraction of sp³-hybridized carbons (Fsp3) is 0.250. The standard InChI is InChI=1S/C8H10BrNO3S/c9-7-5-6(1-2-8(7)10)14(12,13)4-3-11/h1-2,5,11H,3-4,10H2. The van der Waals surface area contributed by atoms with Crippen LogP contribution in [-0.4, -0.2) is 25.9 Å². The number of benzene rings is 1. The largest absolute Gasteiger partial charge is 0.398 e. The lowest BCUT2D eigenvalue weighted by atomic mass is 10.3. The van der Waals surface area contributed by atoms with Gasteiger partial charge in [0.2, 0.25) is 0 Å². The Morgan fingerprint density at radius 2 is 2.07 bits per heavy atom. The van der Waals surface area contributed by atoms with Gasteiger partial charge >= 0.3 is 0 Å². The zero-order valence-corrected chi connectivity index (χ0v) is 9.68. The van der Waals surface area contributed by atoms with E-state index in [0.29, 0.717) is 10.2 Å². The van der Waals surface area contributed by atoms with E-state index in [-0.39, 0.29) is 17.3 Å². The summed E-state index contributed by atoms with van der Waals surface area (Å²) in [7, 11) is -3.39. The van der Waals surface area contributed by atoms with E-state index in [4.69, 9.17) is 10.8 Å². The van der Waals surface area contributed by atoms with Gasteiger partial charge in [0.25, 0.3) is 0 Å². The van der Waals surface area contributed by atoms with Gasteiger partial charge in [-0.2, -0.15) is 0 Å². The smallest absolute Gasteiger partial charge is 0.180 e. The van der Waals surface area contributed by atoms with Crippen molar-refractivity contribution in [3.8, 4) is 0 Å². The first-order chi connectivity index (χ1) is 6.47. The summed E-state index contributed by atoms with van der Waals surface area (Å²) < 4.78 is 23.5. The molecule has 0 unspecified atom stereocenters. The lowest BCUT2D eigenvalue weighted by Crippen LogP contribution is -2.10. The minimum atomic E-state index is -3.39. The Morgan fingerprint density at radius 1 is 1.43 bits per heavy atom. The van der Waals surface area contributed by atoms with E-state index in [1.54, 1.807) is 0 Å². The van der Waals surface area contributed by atoms with Crippen LogP contribution in [0.3, 0.4) is 0 Å². The van der Waals surface area contributed by atoms with Crippen molar-refractivity contribution in [3.63, 3.8) is 0 Å². The van der Waals surface area contributed by atoms with Crippen molar-refractivity contribution in [3.05, 3.63) is 22.7 Å². The maximum absolute atomic E-state index is 11.5. The zero-order valence-electron chi connectivity index (χ0n) is 7.27. The number of nitrogens with two attached hydrogens (primary N) is 1. The number of hydrogen-bond acceptors (Lipinski definition) is 4. The predicted molar refractivity (Wildman–Crippen MR) is 57.7 cm³/mol. The molecule has 0 amide bonds. The maximum Gasteiger partial charge on any atom is 0.180 e. The molecular weight excluding hydrogens is 270 g/mol. The molecule has 78 valence electrons. The van der Waals surface area contributed by atoms with Crippen LogP contribution in [0.5, 0.6) is 0 Å². The maximum atomic E-state index is 11.5. The minimum absolute atomic E-state index is 0.160. The molecule has 0 aliphatic carbocycles.